The highest BCUT2D eigenvalue weighted by atomic mass is 35.5. The molecule has 2 N–H and O–H groups in total. The van der Waals surface area contributed by atoms with E-state index < -0.39 is 35.5 Å². The molecule has 4 aromatic rings. The Bertz CT molecular complexity index is 2310. The Kier molecular flexibility index (Phi) is 9.86. The number of hydrogen-bond acceptors (Lipinski definition) is 9. The van der Waals surface area contributed by atoms with E-state index in [-0.39, 0.29) is 29.7 Å². The van der Waals surface area contributed by atoms with E-state index in [0.717, 1.165) is 99.1 Å². The molecule has 4 amide bonds. The third-order valence-corrected chi connectivity index (χ3v) is 13.0. The molecule has 5 aliphatic heterocycles. The number of nitrogens with zero attached hydrogens (tertiary/aromatic N) is 6. The maximum atomic E-state index is 15.5. The molecular formula is C43H44ClFN8O4. The Balaban J connectivity index is 0.763. The molecule has 4 saturated heterocycles. The molecule has 3 aromatic carbocycles. The number of amides is 4. The normalized spacial score (nSPS) is 22.3. The van der Waals surface area contributed by atoms with Gasteiger partial charge in [0.15, 0.2) is 0 Å². The number of rotatable bonds is 7. The van der Waals surface area contributed by atoms with Gasteiger partial charge in [0.2, 0.25) is 11.8 Å². The summed E-state index contributed by atoms with van der Waals surface area (Å²) in [6.45, 7) is 7.57. The van der Waals surface area contributed by atoms with E-state index in [1.165, 1.54) is 17.3 Å². The standard InChI is InChI=1S/C43H44ClFN8O4/c44-33-7-8-35(40-39(33)29(22-46)23-47-40)52-13-1-2-28(25-52)27-3-5-30(6-4-27)50-14-11-26(12-15-50)24-49-16-18-51(19-17-49)37-21-32-31(20-34(37)45)42(56)53(43(32)57)36-9-10-38(54)48-41(36)55/h3-8,20-21,23,26,28,36,47H,1-2,9-19,24-25H2,(H,48,54,55)/t28-,36?/m0/s1. The van der Waals surface area contributed by atoms with Crippen LogP contribution in [0, 0.1) is 23.1 Å². The van der Waals surface area contributed by atoms with Crippen LogP contribution in [0.2, 0.25) is 5.02 Å². The molecule has 6 heterocycles. The fourth-order valence-corrected chi connectivity index (χ4v) is 9.86. The van der Waals surface area contributed by atoms with Crippen LogP contribution in [-0.2, 0) is 9.59 Å². The molecule has 0 saturated carbocycles. The summed E-state index contributed by atoms with van der Waals surface area (Å²) in [6.07, 6.45) is 6.24. The van der Waals surface area contributed by atoms with Gasteiger partial charge in [0, 0.05) is 88.5 Å². The summed E-state index contributed by atoms with van der Waals surface area (Å²) >= 11 is 6.48. The van der Waals surface area contributed by atoms with E-state index >= 15 is 4.39 Å². The van der Waals surface area contributed by atoms with Crippen molar-refractivity contribution in [2.24, 2.45) is 5.92 Å². The average Bonchev–Trinajstić information content (AvgIpc) is 3.77. The van der Waals surface area contributed by atoms with E-state index in [1.54, 1.807) is 6.20 Å². The van der Waals surface area contributed by atoms with Crippen LogP contribution in [0.5, 0.6) is 0 Å². The van der Waals surface area contributed by atoms with Gasteiger partial charge in [-0.15, -0.1) is 0 Å². The Morgan fingerprint density at radius 3 is 2.26 bits per heavy atom. The lowest BCUT2D eigenvalue weighted by Gasteiger charge is -2.40. The monoisotopic (exact) mass is 790 g/mol. The second kappa shape index (κ2) is 15.1. The van der Waals surface area contributed by atoms with Gasteiger partial charge in [-0.3, -0.25) is 34.3 Å². The minimum absolute atomic E-state index is 0.0278. The predicted octanol–water partition coefficient (Wildman–Crippen LogP) is 5.66. The summed E-state index contributed by atoms with van der Waals surface area (Å²) in [4.78, 5) is 63.9. The number of hydrogen-bond donors (Lipinski definition) is 2. The third kappa shape index (κ3) is 6.89. The molecule has 0 aliphatic carbocycles. The lowest BCUT2D eigenvalue weighted by Crippen LogP contribution is -2.54. The first-order chi connectivity index (χ1) is 27.7. The molecular weight excluding hydrogens is 747 g/mol. The highest BCUT2D eigenvalue weighted by molar-refractivity contribution is 6.36. The van der Waals surface area contributed by atoms with Gasteiger partial charge < -0.3 is 19.7 Å². The van der Waals surface area contributed by atoms with Crippen molar-refractivity contribution in [3.05, 3.63) is 87.8 Å². The molecule has 5 aliphatic rings. The van der Waals surface area contributed by atoms with Crippen molar-refractivity contribution in [1.29, 1.82) is 5.26 Å². The van der Waals surface area contributed by atoms with Crippen LogP contribution in [0.3, 0.4) is 0 Å². The quantitative estimate of drug-likeness (QED) is 0.228. The minimum atomic E-state index is -1.09. The maximum Gasteiger partial charge on any atom is 0.262 e. The number of carbonyl (C=O) groups is 4. The highest BCUT2D eigenvalue weighted by Crippen LogP contribution is 2.38. The summed E-state index contributed by atoms with van der Waals surface area (Å²) in [7, 11) is 0. The lowest BCUT2D eigenvalue weighted by atomic mass is 9.89. The number of nitriles is 1. The number of H-pyrrole nitrogens is 1. The van der Waals surface area contributed by atoms with Crippen molar-refractivity contribution in [2.45, 2.75) is 50.5 Å². The predicted molar refractivity (Wildman–Crippen MR) is 215 cm³/mol. The molecule has 9 rings (SSSR count). The average molecular weight is 791 g/mol. The molecule has 1 aromatic heterocycles. The highest BCUT2D eigenvalue weighted by Gasteiger charge is 2.45. The summed E-state index contributed by atoms with van der Waals surface area (Å²) in [5.74, 6) is -2.05. The minimum Gasteiger partial charge on any atom is -0.372 e. The van der Waals surface area contributed by atoms with Gasteiger partial charge >= 0.3 is 0 Å². The molecule has 0 spiro atoms. The molecule has 57 heavy (non-hydrogen) atoms. The first kappa shape index (κ1) is 37.1. The van der Waals surface area contributed by atoms with Crippen LogP contribution in [0.4, 0.5) is 21.5 Å². The number of benzene rings is 3. The molecule has 0 radical (unpaired) electrons. The smallest absolute Gasteiger partial charge is 0.262 e. The van der Waals surface area contributed by atoms with E-state index in [4.69, 9.17) is 11.6 Å². The SMILES string of the molecule is N#Cc1c[nH]c2c(N3CCC[C@H](c4ccc(N5CCC(CN6CCN(c7cc8c(cc7F)C(=O)N(C7CCC(=O)NC7=O)C8=O)CC6)CC5)cc4)C3)ccc(Cl)c12. The van der Waals surface area contributed by atoms with Crippen LogP contribution in [-0.4, -0.2) is 103 Å². The molecule has 0 bridgehead atoms. The van der Waals surface area contributed by atoms with Gasteiger partial charge in [0.25, 0.3) is 11.8 Å². The zero-order valence-electron chi connectivity index (χ0n) is 31.6. The lowest BCUT2D eigenvalue weighted by molar-refractivity contribution is -0.136. The number of imide groups is 2. The Morgan fingerprint density at radius 1 is 0.807 bits per heavy atom. The Morgan fingerprint density at radius 2 is 1.54 bits per heavy atom. The van der Waals surface area contributed by atoms with Crippen LogP contribution in [0.25, 0.3) is 10.9 Å². The largest absolute Gasteiger partial charge is 0.372 e. The van der Waals surface area contributed by atoms with E-state index in [2.05, 4.69) is 61.4 Å². The second-order valence-electron chi connectivity index (χ2n) is 16.0. The van der Waals surface area contributed by atoms with E-state index in [0.29, 0.717) is 35.5 Å². The van der Waals surface area contributed by atoms with Gasteiger partial charge in [-0.25, -0.2) is 4.39 Å². The van der Waals surface area contributed by atoms with Crippen LogP contribution < -0.4 is 20.0 Å². The maximum absolute atomic E-state index is 15.5. The fourth-order valence-electron chi connectivity index (χ4n) is 9.60. The molecule has 14 heteroatoms. The Labute approximate surface area is 335 Å². The Hall–Kier alpha value is -5.45. The summed E-state index contributed by atoms with van der Waals surface area (Å²) in [5, 5.41) is 13.1. The molecule has 2 atom stereocenters. The first-order valence-electron chi connectivity index (χ1n) is 20.0. The zero-order valence-corrected chi connectivity index (χ0v) is 32.4. The third-order valence-electron chi connectivity index (χ3n) is 12.7. The van der Waals surface area contributed by atoms with Crippen molar-refractivity contribution in [1.82, 2.24) is 20.1 Å². The van der Waals surface area contributed by atoms with Gasteiger partial charge in [0.05, 0.1) is 38.6 Å². The van der Waals surface area contributed by atoms with Crippen molar-refractivity contribution in [2.75, 3.05) is 73.6 Å². The topological polar surface area (TPSA) is 136 Å². The van der Waals surface area contributed by atoms with Gasteiger partial charge in [-0.2, -0.15) is 5.26 Å². The summed E-state index contributed by atoms with van der Waals surface area (Å²) in [5.41, 5.74) is 5.52. The number of halogens is 2. The number of piperazine rings is 1. The second-order valence-corrected chi connectivity index (χ2v) is 16.4. The summed E-state index contributed by atoms with van der Waals surface area (Å²) in [6, 6.07) is 16.8. The number of carbonyl (C=O) groups excluding carboxylic acids is 4. The number of anilines is 3. The van der Waals surface area contributed by atoms with Crippen LogP contribution >= 0.6 is 11.6 Å². The van der Waals surface area contributed by atoms with Crippen LogP contribution in [0.1, 0.15) is 76.3 Å². The number of piperidine rings is 3. The zero-order chi connectivity index (χ0) is 39.4. The molecule has 4 fully saturated rings. The van der Waals surface area contributed by atoms with Gasteiger partial charge in [0.1, 0.15) is 17.9 Å². The molecule has 12 nitrogen and oxygen atoms in total. The van der Waals surface area contributed by atoms with Crippen LogP contribution in [0.15, 0.2) is 54.7 Å². The van der Waals surface area contributed by atoms with Crippen molar-refractivity contribution < 1.29 is 23.6 Å². The number of aromatic nitrogens is 1. The first-order valence-corrected chi connectivity index (χ1v) is 20.4. The van der Waals surface area contributed by atoms with Crippen molar-refractivity contribution >= 4 is 63.2 Å². The number of aromatic amines is 1. The molecule has 1 unspecified atom stereocenters. The van der Waals surface area contributed by atoms with Crippen molar-refractivity contribution in [3.63, 3.8) is 0 Å². The fraction of sp³-hybridized carbons (Fsp3) is 0.419. The molecule has 294 valence electrons. The van der Waals surface area contributed by atoms with Crippen molar-refractivity contribution in [3.8, 4) is 6.07 Å². The summed E-state index contributed by atoms with van der Waals surface area (Å²) < 4.78 is 15.5. The van der Waals surface area contributed by atoms with Gasteiger partial charge in [-0.1, -0.05) is 23.7 Å². The van der Waals surface area contributed by atoms with E-state index in [9.17, 15) is 24.4 Å². The van der Waals surface area contributed by atoms with Gasteiger partial charge in [-0.05, 0) is 80.0 Å². The van der Waals surface area contributed by atoms with E-state index in [1.807, 2.05) is 11.0 Å². The number of fused-ring (bicyclic) bond motifs is 2. The number of nitrogens with one attached hydrogen (secondary N) is 2.